The van der Waals surface area contributed by atoms with Crippen LogP contribution in [-0.2, 0) is 11.8 Å². The van der Waals surface area contributed by atoms with Gasteiger partial charge in [0, 0.05) is 51.3 Å². The minimum absolute atomic E-state index is 0.01000. The van der Waals surface area contributed by atoms with Gasteiger partial charge in [-0.3, -0.25) is 9.08 Å². The Hall–Kier alpha value is -3.82. The highest BCUT2D eigenvalue weighted by molar-refractivity contribution is 5.71. The second-order valence-electron chi connectivity index (χ2n) is 8.71. The van der Waals surface area contributed by atoms with Crippen molar-refractivity contribution in [1.82, 2.24) is 34.3 Å². The van der Waals surface area contributed by atoms with Crippen LogP contribution in [0.25, 0.3) is 16.9 Å². The molecule has 1 atom stereocenters. The van der Waals surface area contributed by atoms with Gasteiger partial charge in [-0.1, -0.05) is 13.8 Å². The monoisotopic (exact) mass is 447 g/mol. The smallest absolute Gasteiger partial charge is 0.228 e. The summed E-state index contributed by atoms with van der Waals surface area (Å²) in [5.74, 6) is 3.45. The van der Waals surface area contributed by atoms with Crippen LogP contribution < -0.4 is 10.2 Å². The van der Waals surface area contributed by atoms with Gasteiger partial charge in [0.1, 0.15) is 23.7 Å². The third-order valence-electron chi connectivity index (χ3n) is 5.48. The Morgan fingerprint density at radius 2 is 1.97 bits per heavy atom. The Kier molecular flexibility index (Phi) is 6.34. The van der Waals surface area contributed by atoms with E-state index in [1.165, 1.54) is 0 Å². The minimum atomic E-state index is 0.01000. The SMILES string of the molecule is CC(C)CC(CC=O)c1nnc2cc(-c3ccnc(Nc4ccnn4C)n3)cc(N(C)C)n12. The predicted octanol–water partition coefficient (Wildman–Crippen LogP) is 3.45. The van der Waals surface area contributed by atoms with Gasteiger partial charge in [-0.2, -0.15) is 5.10 Å². The van der Waals surface area contributed by atoms with E-state index in [-0.39, 0.29) is 5.92 Å². The zero-order valence-electron chi connectivity index (χ0n) is 19.6. The summed E-state index contributed by atoms with van der Waals surface area (Å²) in [7, 11) is 5.81. The first-order chi connectivity index (χ1) is 15.9. The van der Waals surface area contributed by atoms with Gasteiger partial charge in [-0.25, -0.2) is 9.97 Å². The number of aldehydes is 1. The van der Waals surface area contributed by atoms with Crippen molar-refractivity contribution >= 4 is 29.5 Å². The van der Waals surface area contributed by atoms with Crippen LogP contribution in [0.15, 0.2) is 36.7 Å². The number of pyridine rings is 1. The van der Waals surface area contributed by atoms with Crippen LogP contribution in [0.4, 0.5) is 17.6 Å². The zero-order chi connectivity index (χ0) is 23.5. The molecule has 1 unspecified atom stereocenters. The average molecular weight is 448 g/mol. The van der Waals surface area contributed by atoms with Crippen LogP contribution in [0.1, 0.15) is 38.4 Å². The largest absolute Gasteiger partial charge is 0.364 e. The van der Waals surface area contributed by atoms with Gasteiger partial charge in [0.25, 0.3) is 0 Å². The minimum Gasteiger partial charge on any atom is -0.364 e. The number of hydrogen-bond acceptors (Lipinski definition) is 8. The van der Waals surface area contributed by atoms with Crippen LogP contribution in [0.5, 0.6) is 0 Å². The van der Waals surface area contributed by atoms with Crippen molar-refractivity contribution < 1.29 is 4.79 Å². The molecule has 0 spiro atoms. The summed E-state index contributed by atoms with van der Waals surface area (Å²) in [6, 6.07) is 7.75. The first kappa shape index (κ1) is 22.4. The topological polar surface area (TPSA) is 106 Å². The summed E-state index contributed by atoms with van der Waals surface area (Å²) in [5.41, 5.74) is 2.37. The first-order valence-electron chi connectivity index (χ1n) is 11.0. The summed E-state index contributed by atoms with van der Waals surface area (Å²) < 4.78 is 3.76. The number of fused-ring (bicyclic) bond motifs is 1. The first-order valence-corrected chi connectivity index (χ1v) is 11.0. The quantitative estimate of drug-likeness (QED) is 0.389. The maximum atomic E-state index is 11.4. The van der Waals surface area contributed by atoms with E-state index in [4.69, 9.17) is 4.98 Å². The highest BCUT2D eigenvalue weighted by Gasteiger charge is 2.22. The zero-order valence-corrected chi connectivity index (χ0v) is 19.6. The molecule has 0 amide bonds. The number of hydrogen-bond donors (Lipinski definition) is 1. The molecule has 0 saturated heterocycles. The van der Waals surface area contributed by atoms with Gasteiger partial charge >= 0.3 is 0 Å². The number of carbonyl (C=O) groups is 1. The highest BCUT2D eigenvalue weighted by atomic mass is 16.1. The Morgan fingerprint density at radius 1 is 1.15 bits per heavy atom. The lowest BCUT2D eigenvalue weighted by Gasteiger charge is -2.20. The van der Waals surface area contributed by atoms with Crippen molar-refractivity contribution in [3.8, 4) is 11.3 Å². The molecule has 4 aromatic heterocycles. The summed E-state index contributed by atoms with van der Waals surface area (Å²) >= 11 is 0. The van der Waals surface area contributed by atoms with Crippen molar-refractivity contribution in [1.29, 1.82) is 0 Å². The van der Waals surface area contributed by atoms with Gasteiger partial charge in [0.15, 0.2) is 5.65 Å². The van der Waals surface area contributed by atoms with Crippen molar-refractivity contribution in [2.24, 2.45) is 13.0 Å². The van der Waals surface area contributed by atoms with E-state index in [1.54, 1.807) is 17.1 Å². The van der Waals surface area contributed by atoms with Crippen molar-refractivity contribution in [2.45, 2.75) is 32.6 Å². The van der Waals surface area contributed by atoms with Crippen LogP contribution in [0.3, 0.4) is 0 Å². The summed E-state index contributed by atoms with van der Waals surface area (Å²) in [6.07, 6.45) is 5.68. The summed E-state index contributed by atoms with van der Waals surface area (Å²) in [5, 5.41) is 16.3. The molecule has 172 valence electrons. The number of nitrogens with one attached hydrogen (secondary N) is 1. The van der Waals surface area contributed by atoms with Gasteiger partial charge in [-0.15, -0.1) is 10.2 Å². The van der Waals surface area contributed by atoms with E-state index in [1.807, 2.05) is 48.6 Å². The van der Waals surface area contributed by atoms with Gasteiger partial charge < -0.3 is 15.0 Å². The molecule has 33 heavy (non-hydrogen) atoms. The molecule has 10 heteroatoms. The average Bonchev–Trinajstić information content (AvgIpc) is 3.38. The molecular formula is C23H29N9O. The standard InChI is InChI=1S/C23H29N9O/c1-15(2)12-16(8-11-33)22-29-28-20-13-17(14-21(30(3)4)32(20)22)18-6-9-24-23(26-18)27-19-7-10-25-31(19)5/h6-7,9-11,13-16H,8,12H2,1-5H3,(H,24,26,27). The fraction of sp³-hybridized carbons (Fsp3) is 0.391. The molecule has 4 rings (SSSR count). The third-order valence-corrected chi connectivity index (χ3v) is 5.48. The molecular weight excluding hydrogens is 418 g/mol. The molecule has 4 aromatic rings. The molecule has 4 heterocycles. The lowest BCUT2D eigenvalue weighted by molar-refractivity contribution is -0.108. The number of aromatic nitrogens is 7. The van der Waals surface area contributed by atoms with E-state index in [0.29, 0.717) is 23.9 Å². The molecule has 0 aliphatic carbocycles. The van der Waals surface area contributed by atoms with Crippen molar-refractivity contribution in [3.63, 3.8) is 0 Å². The highest BCUT2D eigenvalue weighted by Crippen LogP contribution is 2.31. The third kappa shape index (κ3) is 4.69. The maximum absolute atomic E-state index is 11.4. The Bertz CT molecular complexity index is 1260. The van der Waals surface area contributed by atoms with Gasteiger partial charge in [0.05, 0.1) is 11.9 Å². The van der Waals surface area contributed by atoms with E-state index < -0.39 is 0 Å². The maximum Gasteiger partial charge on any atom is 0.228 e. The number of nitrogens with zero attached hydrogens (tertiary/aromatic N) is 8. The Labute approximate surface area is 192 Å². The molecule has 0 saturated carbocycles. The normalized spacial score (nSPS) is 12.3. The number of carbonyl (C=O) groups excluding carboxylic acids is 1. The predicted molar refractivity (Wildman–Crippen MR) is 128 cm³/mol. The van der Waals surface area contributed by atoms with Gasteiger partial charge in [-0.05, 0) is 30.5 Å². The Balaban J connectivity index is 1.77. The second-order valence-corrected chi connectivity index (χ2v) is 8.71. The summed E-state index contributed by atoms with van der Waals surface area (Å²) in [6.45, 7) is 4.30. The molecule has 0 bridgehead atoms. The van der Waals surface area contributed by atoms with Gasteiger partial charge in [0.2, 0.25) is 5.95 Å². The molecule has 0 aliphatic rings. The van der Waals surface area contributed by atoms with E-state index in [9.17, 15) is 4.79 Å². The van der Waals surface area contributed by atoms with Crippen LogP contribution >= 0.6 is 0 Å². The van der Waals surface area contributed by atoms with E-state index in [2.05, 4.69) is 45.5 Å². The summed E-state index contributed by atoms with van der Waals surface area (Å²) in [4.78, 5) is 22.4. The fourth-order valence-corrected chi connectivity index (χ4v) is 3.95. The van der Waals surface area contributed by atoms with Crippen LogP contribution in [0, 0.1) is 5.92 Å². The number of anilines is 3. The van der Waals surface area contributed by atoms with Crippen LogP contribution in [0.2, 0.25) is 0 Å². The number of aryl methyl sites for hydroxylation is 1. The Morgan fingerprint density at radius 3 is 2.64 bits per heavy atom. The van der Waals surface area contributed by atoms with Crippen molar-refractivity contribution in [3.05, 3.63) is 42.5 Å². The molecule has 0 fully saturated rings. The van der Waals surface area contributed by atoms with E-state index >= 15 is 0 Å². The van der Waals surface area contributed by atoms with E-state index in [0.717, 1.165) is 41.4 Å². The number of rotatable bonds is 9. The van der Waals surface area contributed by atoms with Crippen LogP contribution in [-0.4, -0.2) is 54.7 Å². The molecule has 1 N–H and O–H groups in total. The molecule has 0 aliphatic heterocycles. The lowest BCUT2D eigenvalue weighted by atomic mass is 9.94. The molecule has 10 nitrogen and oxygen atoms in total. The fourth-order valence-electron chi connectivity index (χ4n) is 3.95. The lowest BCUT2D eigenvalue weighted by Crippen LogP contribution is -2.16. The molecule has 0 aromatic carbocycles. The van der Waals surface area contributed by atoms with Crippen molar-refractivity contribution in [2.75, 3.05) is 24.3 Å². The molecule has 0 radical (unpaired) electrons. The second kappa shape index (κ2) is 9.35.